The summed E-state index contributed by atoms with van der Waals surface area (Å²) in [6.07, 6.45) is 1.50. The van der Waals surface area contributed by atoms with Crippen LogP contribution in [0.5, 0.6) is 0 Å². The molecule has 0 radical (unpaired) electrons. The zero-order valence-corrected chi connectivity index (χ0v) is 17.2. The van der Waals surface area contributed by atoms with Crippen molar-refractivity contribution in [3.05, 3.63) is 23.7 Å². The molecule has 2 amide bonds. The van der Waals surface area contributed by atoms with Crippen molar-refractivity contribution in [2.45, 2.75) is 38.9 Å². The number of hydrogen-bond acceptors (Lipinski definition) is 6. The predicted octanol–water partition coefficient (Wildman–Crippen LogP) is 0.998. The van der Waals surface area contributed by atoms with Gasteiger partial charge in [-0.2, -0.15) is 0 Å². The third-order valence-corrected chi connectivity index (χ3v) is 6.44. The number of hydrogen-bond donors (Lipinski definition) is 0. The molecule has 0 spiro atoms. The standard InChI is InChI=1S/C18H27N3O5S/c1-11(2)15-16-13(21(18(15)23)27(5,24)25)8-9-20(16)17(22)14-7-6-12(26-14)10-19(3)4/h6-7,11,13,15-16H,8-10H2,1-5H3/t13-,15+,16-/m0/s1. The monoisotopic (exact) mass is 397 g/mol. The Morgan fingerprint density at radius 2 is 2.00 bits per heavy atom. The van der Waals surface area contributed by atoms with E-state index in [4.69, 9.17) is 4.42 Å². The molecule has 2 saturated heterocycles. The van der Waals surface area contributed by atoms with E-state index in [9.17, 15) is 18.0 Å². The Labute approximate surface area is 160 Å². The van der Waals surface area contributed by atoms with Gasteiger partial charge in [-0.3, -0.25) is 9.59 Å². The van der Waals surface area contributed by atoms with Gasteiger partial charge in [-0.1, -0.05) is 13.8 Å². The molecule has 0 bridgehead atoms. The van der Waals surface area contributed by atoms with E-state index >= 15 is 0 Å². The summed E-state index contributed by atoms with van der Waals surface area (Å²) in [4.78, 5) is 29.4. The van der Waals surface area contributed by atoms with Crippen LogP contribution in [0, 0.1) is 11.8 Å². The Morgan fingerprint density at radius 3 is 2.56 bits per heavy atom. The van der Waals surface area contributed by atoms with Crippen LogP contribution in [0.1, 0.15) is 36.6 Å². The van der Waals surface area contributed by atoms with Crippen LogP contribution in [-0.4, -0.2) is 73.3 Å². The zero-order valence-electron chi connectivity index (χ0n) is 16.4. The average molecular weight is 397 g/mol. The van der Waals surface area contributed by atoms with Gasteiger partial charge in [0, 0.05) is 6.54 Å². The lowest BCUT2D eigenvalue weighted by atomic mass is 9.88. The molecule has 0 unspecified atom stereocenters. The minimum Gasteiger partial charge on any atom is -0.455 e. The number of sulfonamides is 1. The molecular formula is C18H27N3O5S. The Kier molecular flexibility index (Phi) is 5.11. The molecule has 2 aliphatic heterocycles. The maximum Gasteiger partial charge on any atom is 0.289 e. The second kappa shape index (κ2) is 6.94. The molecule has 1 aromatic rings. The van der Waals surface area contributed by atoms with E-state index in [1.807, 2.05) is 32.8 Å². The van der Waals surface area contributed by atoms with E-state index in [-0.39, 0.29) is 17.6 Å². The number of likely N-dealkylation sites (tertiary alicyclic amines) is 1. The third-order valence-electron chi connectivity index (χ3n) is 5.27. The SMILES string of the molecule is CC(C)[C@H]1C(=O)N(S(C)(=O)=O)[C@H]2CCN(C(=O)c3ccc(CN(C)C)o3)[C@H]12. The molecule has 9 heteroatoms. The number of fused-ring (bicyclic) bond motifs is 1. The predicted molar refractivity (Wildman–Crippen MR) is 99.3 cm³/mol. The number of carbonyl (C=O) groups is 2. The van der Waals surface area contributed by atoms with E-state index in [1.165, 1.54) is 0 Å². The molecular weight excluding hydrogens is 370 g/mol. The Bertz CT molecular complexity index is 845. The molecule has 0 N–H and O–H groups in total. The molecule has 2 fully saturated rings. The highest BCUT2D eigenvalue weighted by atomic mass is 32.2. The average Bonchev–Trinajstić information content (AvgIpc) is 3.18. The number of furan rings is 1. The van der Waals surface area contributed by atoms with Crippen LogP contribution < -0.4 is 0 Å². The van der Waals surface area contributed by atoms with Crippen molar-refractivity contribution in [2.75, 3.05) is 26.9 Å². The van der Waals surface area contributed by atoms with Gasteiger partial charge in [0.25, 0.3) is 5.91 Å². The van der Waals surface area contributed by atoms with Gasteiger partial charge in [-0.05, 0) is 38.6 Å². The van der Waals surface area contributed by atoms with Crippen LogP contribution in [0.4, 0.5) is 0 Å². The van der Waals surface area contributed by atoms with E-state index in [2.05, 4.69) is 0 Å². The Hall–Kier alpha value is -1.87. The van der Waals surface area contributed by atoms with Crippen molar-refractivity contribution in [1.29, 1.82) is 0 Å². The van der Waals surface area contributed by atoms with Crippen LogP contribution in [-0.2, 0) is 21.4 Å². The molecule has 3 heterocycles. The molecule has 2 aliphatic rings. The van der Waals surface area contributed by atoms with E-state index in [1.54, 1.807) is 17.0 Å². The van der Waals surface area contributed by atoms with Crippen molar-refractivity contribution < 1.29 is 22.4 Å². The van der Waals surface area contributed by atoms with Crippen molar-refractivity contribution in [2.24, 2.45) is 11.8 Å². The first kappa shape index (κ1) is 19.9. The minimum atomic E-state index is -3.68. The van der Waals surface area contributed by atoms with Gasteiger partial charge in [0.2, 0.25) is 15.9 Å². The van der Waals surface area contributed by atoms with Gasteiger partial charge in [-0.15, -0.1) is 0 Å². The third kappa shape index (κ3) is 3.50. The maximum atomic E-state index is 13.1. The van der Waals surface area contributed by atoms with Crippen LogP contribution >= 0.6 is 0 Å². The normalized spacial score (nSPS) is 25.7. The second-order valence-corrected chi connectivity index (χ2v) is 9.88. The highest BCUT2D eigenvalue weighted by molar-refractivity contribution is 7.88. The van der Waals surface area contributed by atoms with Crippen molar-refractivity contribution in [3.8, 4) is 0 Å². The zero-order chi connectivity index (χ0) is 20.1. The highest BCUT2D eigenvalue weighted by Crippen LogP contribution is 2.41. The van der Waals surface area contributed by atoms with Gasteiger partial charge in [-0.25, -0.2) is 12.7 Å². The first-order valence-corrected chi connectivity index (χ1v) is 10.9. The van der Waals surface area contributed by atoms with Gasteiger partial charge >= 0.3 is 0 Å². The summed E-state index contributed by atoms with van der Waals surface area (Å²) in [5.74, 6) is -0.410. The minimum absolute atomic E-state index is 0.0777. The van der Waals surface area contributed by atoms with Gasteiger partial charge < -0.3 is 14.2 Å². The largest absolute Gasteiger partial charge is 0.455 e. The summed E-state index contributed by atoms with van der Waals surface area (Å²) < 4.78 is 31.1. The molecule has 0 saturated carbocycles. The van der Waals surface area contributed by atoms with Gasteiger partial charge in [0.1, 0.15) is 5.76 Å². The molecule has 8 nitrogen and oxygen atoms in total. The van der Waals surface area contributed by atoms with Crippen LogP contribution in [0.2, 0.25) is 0 Å². The van der Waals surface area contributed by atoms with Crippen molar-refractivity contribution in [1.82, 2.24) is 14.1 Å². The smallest absolute Gasteiger partial charge is 0.289 e. The summed E-state index contributed by atoms with van der Waals surface area (Å²) in [6.45, 7) is 4.75. The van der Waals surface area contributed by atoms with E-state index in [0.29, 0.717) is 25.3 Å². The van der Waals surface area contributed by atoms with Crippen LogP contribution in [0.3, 0.4) is 0 Å². The highest BCUT2D eigenvalue weighted by Gasteiger charge is 2.58. The molecule has 1 aromatic heterocycles. The van der Waals surface area contributed by atoms with Crippen molar-refractivity contribution in [3.63, 3.8) is 0 Å². The van der Waals surface area contributed by atoms with E-state index in [0.717, 1.165) is 10.6 Å². The molecule has 150 valence electrons. The molecule has 3 atom stereocenters. The number of nitrogens with zero attached hydrogens (tertiary/aromatic N) is 3. The van der Waals surface area contributed by atoms with Crippen LogP contribution in [0.25, 0.3) is 0 Å². The first-order chi connectivity index (χ1) is 12.5. The lowest BCUT2D eigenvalue weighted by Gasteiger charge is -2.28. The van der Waals surface area contributed by atoms with E-state index < -0.39 is 33.9 Å². The lowest BCUT2D eigenvalue weighted by molar-refractivity contribution is -0.129. The summed E-state index contributed by atoms with van der Waals surface area (Å²) in [5, 5.41) is 0. The summed E-state index contributed by atoms with van der Waals surface area (Å²) in [6, 6.07) is 2.45. The Morgan fingerprint density at radius 1 is 1.33 bits per heavy atom. The Balaban J connectivity index is 1.91. The fourth-order valence-corrected chi connectivity index (χ4v) is 5.47. The molecule has 27 heavy (non-hydrogen) atoms. The molecule has 3 rings (SSSR count). The fourth-order valence-electron chi connectivity index (χ4n) is 4.30. The number of carbonyl (C=O) groups excluding carboxylic acids is 2. The number of rotatable bonds is 5. The van der Waals surface area contributed by atoms with Gasteiger partial charge in [0.05, 0.1) is 30.8 Å². The molecule has 0 aromatic carbocycles. The fraction of sp³-hybridized carbons (Fsp3) is 0.667. The van der Waals surface area contributed by atoms with Gasteiger partial charge in [0.15, 0.2) is 5.76 Å². The topological polar surface area (TPSA) is 91.1 Å². The summed E-state index contributed by atoms with van der Waals surface area (Å²) in [5.41, 5.74) is 0. The molecule has 0 aliphatic carbocycles. The quantitative estimate of drug-likeness (QED) is 0.736. The maximum absolute atomic E-state index is 13.1. The second-order valence-electron chi connectivity index (χ2n) is 8.02. The first-order valence-electron chi connectivity index (χ1n) is 9.10. The van der Waals surface area contributed by atoms with Crippen LogP contribution in [0.15, 0.2) is 16.5 Å². The number of amides is 2. The van der Waals surface area contributed by atoms with Crippen molar-refractivity contribution >= 4 is 21.8 Å². The summed E-state index contributed by atoms with van der Waals surface area (Å²) >= 11 is 0. The summed E-state index contributed by atoms with van der Waals surface area (Å²) in [7, 11) is 0.139. The lowest BCUT2D eigenvalue weighted by Crippen LogP contribution is -2.44.